The highest BCUT2D eigenvalue weighted by atomic mass is 79.9. The normalized spacial score (nSPS) is 12.3. The molecule has 0 aliphatic rings. The van der Waals surface area contributed by atoms with E-state index >= 15 is 0 Å². The Morgan fingerprint density at radius 3 is 2.60 bits per heavy atom. The smallest absolute Gasteiger partial charge is 0.0302 e. The molecular weight excluding hydrogens is 332 g/mol. The number of pyridine rings is 1. The summed E-state index contributed by atoms with van der Waals surface area (Å²) >= 11 is 5.44. The lowest BCUT2D eigenvalue weighted by Crippen LogP contribution is -2.19. The molecule has 0 fully saturated rings. The van der Waals surface area contributed by atoms with E-state index in [2.05, 4.69) is 58.3 Å². The second-order valence-corrected chi connectivity index (χ2v) is 6.65. The zero-order chi connectivity index (χ0) is 14.4. The summed E-state index contributed by atoms with van der Waals surface area (Å²) < 4.78 is 1.16. The van der Waals surface area contributed by atoms with Gasteiger partial charge in [-0.05, 0) is 49.7 Å². The van der Waals surface area contributed by atoms with E-state index in [-0.39, 0.29) is 0 Å². The van der Waals surface area contributed by atoms with Crippen molar-refractivity contribution in [1.82, 2.24) is 10.3 Å². The average molecular weight is 351 g/mol. The van der Waals surface area contributed by atoms with Crippen LogP contribution >= 0.6 is 27.7 Å². The van der Waals surface area contributed by atoms with Crippen LogP contribution in [0.25, 0.3) is 0 Å². The van der Waals surface area contributed by atoms with Crippen LogP contribution in [0, 0.1) is 0 Å². The molecule has 1 atom stereocenters. The van der Waals surface area contributed by atoms with Crippen LogP contribution in [0.5, 0.6) is 0 Å². The van der Waals surface area contributed by atoms with Gasteiger partial charge >= 0.3 is 0 Å². The molecule has 106 valence electrons. The molecule has 0 saturated heterocycles. The van der Waals surface area contributed by atoms with Crippen LogP contribution in [0.4, 0.5) is 0 Å². The first-order valence-electron chi connectivity index (χ1n) is 6.81. The first-order chi connectivity index (χ1) is 9.70. The van der Waals surface area contributed by atoms with Gasteiger partial charge in [0.2, 0.25) is 0 Å². The highest BCUT2D eigenvalue weighted by Crippen LogP contribution is 2.32. The van der Waals surface area contributed by atoms with Crippen LogP contribution in [0.15, 0.2) is 57.0 Å². The molecule has 2 aromatic rings. The molecule has 1 aromatic carbocycles. The summed E-state index contributed by atoms with van der Waals surface area (Å²) in [6.07, 6.45) is 4.79. The number of nitrogens with one attached hydrogen (secondary N) is 1. The van der Waals surface area contributed by atoms with Crippen molar-refractivity contribution in [3.63, 3.8) is 0 Å². The molecular formula is C16H19BrN2S. The van der Waals surface area contributed by atoms with Crippen molar-refractivity contribution in [3.8, 4) is 0 Å². The molecule has 0 spiro atoms. The van der Waals surface area contributed by atoms with Gasteiger partial charge in [0.1, 0.15) is 0 Å². The number of halogens is 1. The van der Waals surface area contributed by atoms with Gasteiger partial charge in [-0.2, -0.15) is 0 Å². The maximum atomic E-state index is 4.04. The minimum Gasteiger partial charge on any atom is -0.310 e. The van der Waals surface area contributed by atoms with Crippen molar-refractivity contribution in [1.29, 1.82) is 0 Å². The molecule has 1 unspecified atom stereocenters. The van der Waals surface area contributed by atoms with Crippen molar-refractivity contribution in [2.75, 3.05) is 6.54 Å². The maximum Gasteiger partial charge on any atom is 0.0302 e. The lowest BCUT2D eigenvalue weighted by molar-refractivity contribution is 0.568. The van der Waals surface area contributed by atoms with Gasteiger partial charge in [-0.25, -0.2) is 0 Å². The molecule has 1 N–H and O–H groups in total. The van der Waals surface area contributed by atoms with E-state index in [1.54, 1.807) is 11.8 Å². The molecule has 0 aliphatic heterocycles. The minimum absolute atomic E-state index is 0.365. The monoisotopic (exact) mass is 350 g/mol. The van der Waals surface area contributed by atoms with Gasteiger partial charge in [-0.1, -0.05) is 40.7 Å². The van der Waals surface area contributed by atoms with E-state index in [0.717, 1.165) is 17.4 Å². The lowest BCUT2D eigenvalue weighted by Gasteiger charge is -2.16. The quantitative estimate of drug-likeness (QED) is 0.788. The van der Waals surface area contributed by atoms with E-state index < -0.39 is 0 Å². The average Bonchev–Trinajstić information content (AvgIpc) is 2.46. The molecule has 2 nitrogen and oxygen atoms in total. The van der Waals surface area contributed by atoms with Crippen LogP contribution < -0.4 is 5.32 Å². The third-order valence-corrected chi connectivity index (χ3v) is 4.71. The molecule has 0 aliphatic carbocycles. The number of rotatable bonds is 6. The van der Waals surface area contributed by atoms with Crippen LogP contribution in [0.3, 0.4) is 0 Å². The van der Waals surface area contributed by atoms with E-state index in [9.17, 15) is 0 Å². The molecule has 1 heterocycles. The van der Waals surface area contributed by atoms with Crippen LogP contribution in [-0.4, -0.2) is 11.5 Å². The topological polar surface area (TPSA) is 24.9 Å². The first-order valence-corrected chi connectivity index (χ1v) is 8.42. The second-order valence-electron chi connectivity index (χ2n) is 4.64. The molecule has 1 aromatic heterocycles. The van der Waals surface area contributed by atoms with Crippen LogP contribution in [-0.2, 0) is 0 Å². The number of hydrogen-bond donors (Lipinski definition) is 1. The second kappa shape index (κ2) is 7.81. The Labute approximate surface area is 133 Å². The number of benzene rings is 1. The standard InChI is InChI=1S/C16H19BrN2S/c1-3-8-19-12(2)15-5-4-14(11-16(15)17)20-13-6-9-18-10-7-13/h4-7,9-12,19H,3,8H2,1-2H3. The van der Waals surface area contributed by atoms with E-state index in [0.29, 0.717) is 6.04 Å². The van der Waals surface area contributed by atoms with Gasteiger partial charge in [-0.3, -0.25) is 4.98 Å². The third kappa shape index (κ3) is 4.33. The highest BCUT2D eigenvalue weighted by molar-refractivity contribution is 9.10. The Morgan fingerprint density at radius 2 is 1.95 bits per heavy atom. The first kappa shape index (κ1) is 15.5. The Kier molecular flexibility index (Phi) is 6.07. The summed E-state index contributed by atoms with van der Waals surface area (Å²) in [6.45, 7) is 5.43. The molecule has 0 bridgehead atoms. The van der Waals surface area contributed by atoms with E-state index in [1.807, 2.05) is 24.5 Å². The van der Waals surface area contributed by atoms with Crippen LogP contribution in [0.1, 0.15) is 31.9 Å². The Morgan fingerprint density at radius 1 is 1.20 bits per heavy atom. The van der Waals surface area contributed by atoms with E-state index in [4.69, 9.17) is 0 Å². The Balaban J connectivity index is 2.09. The lowest BCUT2D eigenvalue weighted by atomic mass is 10.1. The number of hydrogen-bond acceptors (Lipinski definition) is 3. The fourth-order valence-electron chi connectivity index (χ4n) is 1.94. The fourth-order valence-corrected chi connectivity index (χ4v) is 3.65. The zero-order valence-corrected chi connectivity index (χ0v) is 14.2. The van der Waals surface area contributed by atoms with Crippen molar-refractivity contribution in [2.45, 2.75) is 36.1 Å². The molecule has 0 radical (unpaired) electrons. The minimum atomic E-state index is 0.365. The summed E-state index contributed by atoms with van der Waals surface area (Å²) in [4.78, 5) is 6.48. The summed E-state index contributed by atoms with van der Waals surface area (Å²) in [7, 11) is 0. The number of nitrogens with zero attached hydrogens (tertiary/aromatic N) is 1. The van der Waals surface area contributed by atoms with Crippen LogP contribution in [0.2, 0.25) is 0 Å². The van der Waals surface area contributed by atoms with Crippen molar-refractivity contribution >= 4 is 27.7 Å². The SMILES string of the molecule is CCCNC(C)c1ccc(Sc2ccncc2)cc1Br. The van der Waals surface area contributed by atoms with Crippen molar-refractivity contribution < 1.29 is 0 Å². The maximum absolute atomic E-state index is 4.04. The number of aromatic nitrogens is 1. The molecule has 2 rings (SSSR count). The molecule has 20 heavy (non-hydrogen) atoms. The van der Waals surface area contributed by atoms with Crippen molar-refractivity contribution in [3.05, 3.63) is 52.8 Å². The highest BCUT2D eigenvalue weighted by Gasteiger charge is 2.09. The fraction of sp³-hybridized carbons (Fsp3) is 0.312. The predicted molar refractivity (Wildman–Crippen MR) is 89.2 cm³/mol. The Bertz CT molecular complexity index is 545. The van der Waals surface area contributed by atoms with E-state index in [1.165, 1.54) is 15.4 Å². The van der Waals surface area contributed by atoms with Gasteiger partial charge in [-0.15, -0.1) is 0 Å². The summed E-state index contributed by atoms with van der Waals surface area (Å²) in [5.41, 5.74) is 1.30. The molecule has 4 heteroatoms. The van der Waals surface area contributed by atoms with Gasteiger partial charge < -0.3 is 5.32 Å². The summed E-state index contributed by atoms with van der Waals surface area (Å²) in [5.74, 6) is 0. The van der Waals surface area contributed by atoms with Crippen molar-refractivity contribution in [2.24, 2.45) is 0 Å². The molecule has 0 saturated carbocycles. The largest absolute Gasteiger partial charge is 0.310 e. The molecule has 0 amide bonds. The Hall–Kier alpha value is -0.840. The van der Waals surface area contributed by atoms with Gasteiger partial charge in [0.25, 0.3) is 0 Å². The third-order valence-electron chi connectivity index (χ3n) is 3.02. The van der Waals surface area contributed by atoms with Gasteiger partial charge in [0.15, 0.2) is 0 Å². The van der Waals surface area contributed by atoms with Gasteiger partial charge in [0, 0.05) is 32.7 Å². The summed E-state index contributed by atoms with van der Waals surface area (Å²) in [5, 5.41) is 3.51. The predicted octanol–water partition coefficient (Wildman–Crippen LogP) is 5.06. The summed E-state index contributed by atoms with van der Waals surface area (Å²) in [6, 6.07) is 11.0. The zero-order valence-electron chi connectivity index (χ0n) is 11.8. The van der Waals surface area contributed by atoms with Gasteiger partial charge in [0.05, 0.1) is 0 Å².